The van der Waals surface area contributed by atoms with Crippen molar-refractivity contribution in [2.75, 3.05) is 20.0 Å². The molecule has 0 aliphatic heterocycles. The predicted molar refractivity (Wildman–Crippen MR) is 101 cm³/mol. The van der Waals surface area contributed by atoms with Crippen LogP contribution in [0.2, 0.25) is 0 Å². The predicted octanol–water partition coefficient (Wildman–Crippen LogP) is 4.44. The summed E-state index contributed by atoms with van der Waals surface area (Å²) < 4.78 is 11.6. The van der Waals surface area contributed by atoms with Gasteiger partial charge in [-0.3, -0.25) is 4.79 Å². The third kappa shape index (κ3) is 4.92. The van der Waals surface area contributed by atoms with Crippen molar-refractivity contribution in [2.24, 2.45) is 0 Å². The summed E-state index contributed by atoms with van der Waals surface area (Å²) in [6.45, 7) is 1.93. The molecule has 0 aliphatic rings. The molecule has 0 radical (unpaired) electrons. The van der Waals surface area contributed by atoms with Crippen LogP contribution >= 0.6 is 27.7 Å². The smallest absolute Gasteiger partial charge is 0.230 e. The molecule has 6 heteroatoms. The number of thioether (sulfide) groups is 1. The van der Waals surface area contributed by atoms with Crippen molar-refractivity contribution in [3.05, 3.63) is 52.5 Å². The fraction of sp³-hybridized carbons (Fsp3) is 0.278. The number of methoxy groups -OCH3 is 2. The first-order chi connectivity index (χ1) is 11.5. The Bertz CT molecular complexity index is 708. The summed E-state index contributed by atoms with van der Waals surface area (Å²) in [7, 11) is 3.23. The van der Waals surface area contributed by atoms with Gasteiger partial charge in [0.2, 0.25) is 5.91 Å². The van der Waals surface area contributed by atoms with Gasteiger partial charge < -0.3 is 14.8 Å². The number of amides is 1. The summed E-state index contributed by atoms with van der Waals surface area (Å²) in [6, 6.07) is 13.2. The second kappa shape index (κ2) is 8.99. The van der Waals surface area contributed by atoms with Gasteiger partial charge in [-0.25, -0.2) is 0 Å². The zero-order valence-electron chi connectivity index (χ0n) is 13.8. The highest BCUT2D eigenvalue weighted by Crippen LogP contribution is 2.30. The molecule has 0 bridgehead atoms. The summed E-state index contributed by atoms with van der Waals surface area (Å²) >= 11 is 4.98. The Morgan fingerprint density at radius 1 is 1.21 bits per heavy atom. The molecule has 4 nitrogen and oxygen atoms in total. The van der Waals surface area contributed by atoms with E-state index < -0.39 is 0 Å². The summed E-state index contributed by atoms with van der Waals surface area (Å²) in [5.74, 6) is 1.77. The van der Waals surface area contributed by atoms with Gasteiger partial charge in [0.15, 0.2) is 0 Å². The maximum atomic E-state index is 12.2. The molecule has 0 aliphatic carbocycles. The summed E-state index contributed by atoms with van der Waals surface area (Å²) in [5.41, 5.74) is 0.885. The topological polar surface area (TPSA) is 47.6 Å². The molecule has 0 spiro atoms. The van der Waals surface area contributed by atoms with Crippen LogP contribution in [0, 0.1) is 0 Å². The normalized spacial score (nSPS) is 11.7. The van der Waals surface area contributed by atoms with Crippen LogP contribution in [-0.2, 0) is 4.79 Å². The molecule has 1 amide bonds. The number of nitrogens with one attached hydrogen (secondary N) is 1. The molecule has 2 aromatic rings. The number of rotatable bonds is 7. The van der Waals surface area contributed by atoms with Crippen LogP contribution < -0.4 is 14.8 Å². The van der Waals surface area contributed by atoms with E-state index in [1.54, 1.807) is 14.2 Å². The molecule has 0 fully saturated rings. The molecule has 2 aromatic carbocycles. The minimum atomic E-state index is -0.178. The molecule has 0 saturated heterocycles. The van der Waals surface area contributed by atoms with Crippen LogP contribution in [-0.4, -0.2) is 25.9 Å². The van der Waals surface area contributed by atoms with E-state index in [0.29, 0.717) is 5.75 Å². The Morgan fingerprint density at radius 3 is 2.62 bits per heavy atom. The third-order valence-electron chi connectivity index (χ3n) is 3.48. The van der Waals surface area contributed by atoms with E-state index in [-0.39, 0.29) is 11.9 Å². The standard InChI is InChI=1S/C18H20BrNO3S/c1-12(14-10-13(22-2)8-9-16(14)23-3)20-18(21)11-24-17-7-5-4-6-15(17)19/h4-10,12H,11H2,1-3H3,(H,20,21). The number of benzene rings is 2. The number of ether oxygens (including phenoxy) is 2. The van der Waals surface area contributed by atoms with Crippen molar-refractivity contribution >= 4 is 33.6 Å². The van der Waals surface area contributed by atoms with Crippen molar-refractivity contribution in [3.63, 3.8) is 0 Å². The molecule has 0 saturated carbocycles. The van der Waals surface area contributed by atoms with E-state index in [0.717, 1.165) is 26.4 Å². The third-order valence-corrected chi connectivity index (χ3v) is 5.50. The van der Waals surface area contributed by atoms with Gasteiger partial charge >= 0.3 is 0 Å². The molecule has 1 atom stereocenters. The lowest BCUT2D eigenvalue weighted by atomic mass is 10.1. The maximum Gasteiger partial charge on any atom is 0.230 e. The minimum Gasteiger partial charge on any atom is -0.497 e. The Kier molecular flexibility index (Phi) is 6.99. The second-order valence-corrected chi connectivity index (χ2v) is 6.99. The van der Waals surface area contributed by atoms with Crippen LogP contribution in [0.25, 0.3) is 0 Å². The first-order valence-electron chi connectivity index (χ1n) is 7.43. The first kappa shape index (κ1) is 18.7. The number of hydrogen-bond donors (Lipinski definition) is 1. The lowest BCUT2D eigenvalue weighted by Gasteiger charge is -2.18. The lowest BCUT2D eigenvalue weighted by molar-refractivity contribution is -0.119. The van der Waals surface area contributed by atoms with Crippen LogP contribution in [0.4, 0.5) is 0 Å². The van der Waals surface area contributed by atoms with Crippen molar-refractivity contribution in [1.82, 2.24) is 5.32 Å². The van der Waals surface area contributed by atoms with Crippen molar-refractivity contribution < 1.29 is 14.3 Å². The van der Waals surface area contributed by atoms with Gasteiger partial charge in [0, 0.05) is 14.9 Å². The maximum absolute atomic E-state index is 12.2. The van der Waals surface area contributed by atoms with Gasteiger partial charge in [0.25, 0.3) is 0 Å². The number of carbonyl (C=O) groups excluding carboxylic acids is 1. The molecule has 0 aromatic heterocycles. The highest BCUT2D eigenvalue weighted by atomic mass is 79.9. The SMILES string of the molecule is COc1ccc(OC)c(C(C)NC(=O)CSc2ccccc2Br)c1. The van der Waals surface area contributed by atoms with Gasteiger partial charge in [-0.05, 0) is 53.2 Å². The van der Waals surface area contributed by atoms with Gasteiger partial charge in [-0.2, -0.15) is 0 Å². The minimum absolute atomic E-state index is 0.0341. The fourth-order valence-electron chi connectivity index (χ4n) is 2.24. The van der Waals surface area contributed by atoms with E-state index in [9.17, 15) is 4.79 Å². The van der Waals surface area contributed by atoms with Gasteiger partial charge in [-0.1, -0.05) is 12.1 Å². The van der Waals surface area contributed by atoms with Crippen LogP contribution in [0.1, 0.15) is 18.5 Å². The van der Waals surface area contributed by atoms with Crippen LogP contribution in [0.5, 0.6) is 11.5 Å². The fourth-order valence-corrected chi connectivity index (χ4v) is 3.62. The molecule has 1 unspecified atom stereocenters. The number of carbonyl (C=O) groups is 1. The summed E-state index contributed by atoms with van der Waals surface area (Å²) in [5, 5.41) is 3.00. The Hall–Kier alpha value is -1.66. The molecule has 2 rings (SSSR count). The van der Waals surface area contributed by atoms with E-state index in [2.05, 4.69) is 21.2 Å². The van der Waals surface area contributed by atoms with Crippen LogP contribution in [0.15, 0.2) is 51.8 Å². The Balaban J connectivity index is 2.00. The van der Waals surface area contributed by atoms with Crippen LogP contribution in [0.3, 0.4) is 0 Å². The van der Waals surface area contributed by atoms with E-state index in [4.69, 9.17) is 9.47 Å². The average Bonchev–Trinajstić information content (AvgIpc) is 2.60. The Labute approximate surface area is 155 Å². The average molecular weight is 410 g/mol. The first-order valence-corrected chi connectivity index (χ1v) is 9.21. The zero-order chi connectivity index (χ0) is 17.5. The van der Waals surface area contributed by atoms with E-state index in [1.165, 1.54) is 11.8 Å². The monoisotopic (exact) mass is 409 g/mol. The number of hydrogen-bond acceptors (Lipinski definition) is 4. The van der Waals surface area contributed by atoms with Crippen molar-refractivity contribution in [3.8, 4) is 11.5 Å². The molecule has 24 heavy (non-hydrogen) atoms. The van der Waals surface area contributed by atoms with Gasteiger partial charge in [0.1, 0.15) is 11.5 Å². The zero-order valence-corrected chi connectivity index (χ0v) is 16.2. The van der Waals surface area contributed by atoms with Gasteiger partial charge in [-0.15, -0.1) is 11.8 Å². The molecule has 128 valence electrons. The van der Waals surface area contributed by atoms with E-state index >= 15 is 0 Å². The second-order valence-electron chi connectivity index (χ2n) is 5.12. The largest absolute Gasteiger partial charge is 0.497 e. The molecule has 1 N–H and O–H groups in total. The Morgan fingerprint density at radius 2 is 1.96 bits per heavy atom. The lowest BCUT2D eigenvalue weighted by Crippen LogP contribution is -2.28. The van der Waals surface area contributed by atoms with Crippen molar-refractivity contribution in [2.45, 2.75) is 17.9 Å². The highest BCUT2D eigenvalue weighted by Gasteiger charge is 2.15. The molecular formula is C18H20BrNO3S. The van der Waals surface area contributed by atoms with Gasteiger partial charge in [0.05, 0.1) is 26.0 Å². The summed E-state index contributed by atoms with van der Waals surface area (Å²) in [4.78, 5) is 13.3. The van der Waals surface area contributed by atoms with Crippen molar-refractivity contribution in [1.29, 1.82) is 0 Å². The summed E-state index contributed by atoms with van der Waals surface area (Å²) in [6.07, 6.45) is 0. The molecular weight excluding hydrogens is 390 g/mol. The highest BCUT2D eigenvalue weighted by molar-refractivity contribution is 9.10. The van der Waals surface area contributed by atoms with E-state index in [1.807, 2.05) is 49.4 Å². The molecule has 0 heterocycles. The quantitative estimate of drug-likeness (QED) is 0.686. The number of halogens is 1.